The van der Waals surface area contributed by atoms with Crippen LogP contribution in [0.1, 0.15) is 23.2 Å². The molecule has 106 valence electrons. The summed E-state index contributed by atoms with van der Waals surface area (Å²) in [6.07, 6.45) is 2.16. The Morgan fingerprint density at radius 1 is 1.16 bits per heavy atom. The molecule has 19 heavy (non-hydrogen) atoms. The average molecular weight is 394 g/mol. The van der Waals surface area contributed by atoms with E-state index in [1.165, 1.54) is 5.56 Å². The van der Waals surface area contributed by atoms with Crippen LogP contribution in [0.2, 0.25) is 0 Å². The first-order valence-corrected chi connectivity index (χ1v) is 8.01. The van der Waals surface area contributed by atoms with E-state index in [0.29, 0.717) is 10.7 Å². The average Bonchev–Trinajstić information content (AvgIpc) is 2.47. The molecule has 0 N–H and O–H groups in total. The van der Waals surface area contributed by atoms with Gasteiger partial charge in [-0.15, -0.1) is 0 Å². The fourth-order valence-corrected chi connectivity index (χ4v) is 4.13. The fourth-order valence-electron chi connectivity index (χ4n) is 2.34. The molecule has 1 atom stereocenters. The molecule has 0 radical (unpaired) electrons. The van der Waals surface area contributed by atoms with Crippen LogP contribution >= 0.6 is 31.9 Å². The van der Waals surface area contributed by atoms with Crippen LogP contribution in [-0.4, -0.2) is 27.4 Å². The van der Waals surface area contributed by atoms with Crippen LogP contribution in [0, 0.1) is 5.92 Å². The molecule has 1 fully saturated rings. The van der Waals surface area contributed by atoms with Crippen LogP contribution < -0.4 is 9.47 Å². The smallest absolute Gasteiger partial charge is 0.161 e. The van der Waals surface area contributed by atoms with Gasteiger partial charge >= 0.3 is 0 Å². The molecule has 1 aromatic rings. The van der Waals surface area contributed by atoms with Gasteiger partial charge in [0.25, 0.3) is 0 Å². The Kier molecular flexibility index (Phi) is 5.54. The highest BCUT2D eigenvalue weighted by Crippen LogP contribution is 2.44. The molecular weight excluding hydrogens is 376 g/mol. The summed E-state index contributed by atoms with van der Waals surface area (Å²) in [4.78, 5) is 0.297. The Bertz CT molecular complexity index is 431. The van der Waals surface area contributed by atoms with Crippen molar-refractivity contribution in [3.8, 4) is 11.5 Å². The molecule has 0 aromatic heterocycles. The van der Waals surface area contributed by atoms with E-state index in [2.05, 4.69) is 31.9 Å². The summed E-state index contributed by atoms with van der Waals surface area (Å²) in [7, 11) is 3.31. The van der Waals surface area contributed by atoms with Crippen LogP contribution in [-0.2, 0) is 4.74 Å². The number of hydrogen-bond donors (Lipinski definition) is 0. The van der Waals surface area contributed by atoms with Crippen LogP contribution in [0.25, 0.3) is 0 Å². The van der Waals surface area contributed by atoms with Crippen molar-refractivity contribution >= 4 is 31.9 Å². The van der Waals surface area contributed by atoms with Gasteiger partial charge in [0, 0.05) is 22.5 Å². The van der Waals surface area contributed by atoms with Gasteiger partial charge in [0.1, 0.15) is 0 Å². The summed E-state index contributed by atoms with van der Waals surface area (Å²) in [6, 6.07) is 4.00. The van der Waals surface area contributed by atoms with Crippen molar-refractivity contribution in [3.63, 3.8) is 0 Å². The van der Waals surface area contributed by atoms with Gasteiger partial charge < -0.3 is 14.2 Å². The van der Waals surface area contributed by atoms with E-state index < -0.39 is 0 Å². The van der Waals surface area contributed by atoms with Gasteiger partial charge in [0.2, 0.25) is 0 Å². The van der Waals surface area contributed by atoms with E-state index in [9.17, 15) is 0 Å². The second kappa shape index (κ2) is 6.95. The number of benzene rings is 1. The second-order valence-corrected chi connectivity index (χ2v) is 6.42. The molecule has 2 rings (SSSR count). The van der Waals surface area contributed by atoms with Crippen molar-refractivity contribution in [2.75, 3.05) is 27.4 Å². The van der Waals surface area contributed by atoms with Gasteiger partial charge in [-0.25, -0.2) is 0 Å². The number of alkyl halides is 1. The summed E-state index contributed by atoms with van der Waals surface area (Å²) in [5.41, 5.74) is 1.20. The van der Waals surface area contributed by atoms with Crippen molar-refractivity contribution in [2.45, 2.75) is 17.7 Å². The lowest BCUT2D eigenvalue weighted by molar-refractivity contribution is 0.0661. The van der Waals surface area contributed by atoms with Crippen molar-refractivity contribution in [3.05, 3.63) is 22.2 Å². The Balaban J connectivity index is 2.27. The largest absolute Gasteiger partial charge is 0.493 e. The first-order valence-electron chi connectivity index (χ1n) is 6.30. The zero-order chi connectivity index (χ0) is 13.8. The highest BCUT2D eigenvalue weighted by Gasteiger charge is 2.26. The van der Waals surface area contributed by atoms with Crippen LogP contribution in [0.15, 0.2) is 16.6 Å². The molecule has 1 unspecified atom stereocenters. The first kappa shape index (κ1) is 15.1. The maximum atomic E-state index is 5.42. The van der Waals surface area contributed by atoms with Crippen molar-refractivity contribution in [2.24, 2.45) is 5.92 Å². The van der Waals surface area contributed by atoms with Crippen LogP contribution in [0.5, 0.6) is 11.5 Å². The van der Waals surface area contributed by atoms with Gasteiger partial charge in [-0.1, -0.05) is 31.9 Å². The number of ether oxygens (including phenoxy) is 3. The van der Waals surface area contributed by atoms with Crippen LogP contribution in [0.4, 0.5) is 0 Å². The summed E-state index contributed by atoms with van der Waals surface area (Å²) in [6.45, 7) is 1.69. The molecule has 0 saturated carbocycles. The Labute approximate surface area is 130 Å². The molecule has 0 aliphatic carbocycles. The normalized spacial score (nSPS) is 18.1. The maximum absolute atomic E-state index is 5.42. The van der Waals surface area contributed by atoms with Gasteiger partial charge in [0.05, 0.1) is 14.2 Å². The van der Waals surface area contributed by atoms with Crippen LogP contribution in [0.3, 0.4) is 0 Å². The molecule has 1 aliphatic rings. The third-order valence-corrected chi connectivity index (χ3v) is 5.41. The molecule has 1 aromatic carbocycles. The Morgan fingerprint density at radius 3 is 2.32 bits per heavy atom. The molecular formula is C14H18Br2O3. The van der Waals surface area contributed by atoms with E-state index in [0.717, 1.165) is 42.0 Å². The number of rotatable bonds is 4. The third-order valence-electron chi connectivity index (χ3n) is 3.48. The molecule has 3 nitrogen and oxygen atoms in total. The molecule has 5 heteroatoms. The first-order chi connectivity index (χ1) is 9.17. The zero-order valence-corrected chi connectivity index (χ0v) is 14.3. The highest BCUT2D eigenvalue weighted by atomic mass is 79.9. The van der Waals surface area contributed by atoms with Crippen molar-refractivity contribution in [1.29, 1.82) is 0 Å². The van der Waals surface area contributed by atoms with Gasteiger partial charge in [-0.3, -0.25) is 0 Å². The minimum absolute atomic E-state index is 0.297. The standard InChI is InChI=1S/C14H18Br2O3/c1-17-12-7-10(11(15)8-13(12)18-2)14(16)9-3-5-19-6-4-9/h7-9,14H,3-6H2,1-2H3. The summed E-state index contributed by atoms with van der Waals surface area (Å²) in [5.74, 6) is 2.09. The molecule has 0 amide bonds. The lowest BCUT2D eigenvalue weighted by Gasteiger charge is -2.27. The monoisotopic (exact) mass is 392 g/mol. The highest BCUT2D eigenvalue weighted by molar-refractivity contribution is 9.11. The predicted octanol–water partition coefficient (Wildman–Crippen LogP) is 4.33. The molecule has 0 spiro atoms. The predicted molar refractivity (Wildman–Crippen MR) is 82.5 cm³/mol. The van der Waals surface area contributed by atoms with Gasteiger partial charge in [0.15, 0.2) is 11.5 Å². The Morgan fingerprint density at radius 2 is 1.74 bits per heavy atom. The third kappa shape index (κ3) is 3.44. The SMILES string of the molecule is COc1cc(Br)c(C(Br)C2CCOCC2)cc1OC. The van der Waals surface area contributed by atoms with E-state index >= 15 is 0 Å². The van der Waals surface area contributed by atoms with E-state index in [-0.39, 0.29) is 0 Å². The van der Waals surface area contributed by atoms with E-state index in [4.69, 9.17) is 14.2 Å². The number of hydrogen-bond acceptors (Lipinski definition) is 3. The molecule has 1 aliphatic heterocycles. The lowest BCUT2D eigenvalue weighted by atomic mass is 9.92. The summed E-state index contributed by atoms with van der Waals surface area (Å²) < 4.78 is 17.1. The van der Waals surface area contributed by atoms with Gasteiger partial charge in [-0.2, -0.15) is 0 Å². The van der Waals surface area contributed by atoms with Crippen molar-refractivity contribution < 1.29 is 14.2 Å². The number of halogens is 2. The molecule has 1 heterocycles. The van der Waals surface area contributed by atoms with E-state index in [1.807, 2.05) is 12.1 Å². The minimum atomic E-state index is 0.297. The zero-order valence-electron chi connectivity index (χ0n) is 11.1. The van der Waals surface area contributed by atoms with Crippen molar-refractivity contribution in [1.82, 2.24) is 0 Å². The molecule has 0 bridgehead atoms. The lowest BCUT2D eigenvalue weighted by Crippen LogP contribution is -2.19. The number of methoxy groups -OCH3 is 2. The maximum Gasteiger partial charge on any atom is 0.161 e. The summed E-state index contributed by atoms with van der Waals surface area (Å²) >= 11 is 7.45. The Hall–Kier alpha value is -0.260. The van der Waals surface area contributed by atoms with Gasteiger partial charge in [-0.05, 0) is 36.5 Å². The van der Waals surface area contributed by atoms with E-state index in [1.54, 1.807) is 14.2 Å². The second-order valence-electron chi connectivity index (χ2n) is 4.58. The quantitative estimate of drug-likeness (QED) is 0.712. The summed E-state index contributed by atoms with van der Waals surface area (Å²) in [5, 5.41) is 0. The topological polar surface area (TPSA) is 27.7 Å². The minimum Gasteiger partial charge on any atom is -0.493 e. The molecule has 1 saturated heterocycles. The fraction of sp³-hybridized carbons (Fsp3) is 0.571.